The van der Waals surface area contributed by atoms with Crippen molar-refractivity contribution < 1.29 is 9.90 Å². The molecule has 0 fully saturated rings. The van der Waals surface area contributed by atoms with Crippen LogP contribution in [0.5, 0.6) is 0 Å². The fourth-order valence-electron chi connectivity index (χ4n) is 2.78. The van der Waals surface area contributed by atoms with Crippen molar-refractivity contribution in [2.75, 3.05) is 0 Å². The molecule has 0 bridgehead atoms. The first-order valence-electron chi connectivity index (χ1n) is 8.04. The maximum atomic E-state index is 11.3. The highest BCUT2D eigenvalue weighted by Gasteiger charge is 2.27. The highest BCUT2D eigenvalue weighted by molar-refractivity contribution is 5.73. The van der Waals surface area contributed by atoms with Crippen molar-refractivity contribution in [2.24, 2.45) is 5.41 Å². The van der Waals surface area contributed by atoms with E-state index in [1.807, 2.05) is 6.20 Å². The molecule has 0 aliphatic carbocycles. The predicted octanol–water partition coefficient (Wildman–Crippen LogP) is 4.15. The minimum Gasteiger partial charge on any atom is -0.481 e. The molecule has 1 aromatic carbocycles. The summed E-state index contributed by atoms with van der Waals surface area (Å²) in [5.74, 6) is 0.402. The predicted molar refractivity (Wildman–Crippen MR) is 91.7 cm³/mol. The number of benzene rings is 1. The second-order valence-corrected chi connectivity index (χ2v) is 6.93. The van der Waals surface area contributed by atoms with E-state index in [4.69, 9.17) is 0 Å². The van der Waals surface area contributed by atoms with Crippen LogP contribution in [-0.2, 0) is 11.3 Å². The number of carbonyl (C=O) groups is 1. The van der Waals surface area contributed by atoms with Gasteiger partial charge in [-0.2, -0.15) is 0 Å². The Morgan fingerprint density at radius 3 is 2.70 bits per heavy atom. The highest BCUT2D eigenvalue weighted by atomic mass is 16.4. The van der Waals surface area contributed by atoms with Crippen LogP contribution in [0.3, 0.4) is 0 Å². The van der Waals surface area contributed by atoms with Crippen molar-refractivity contribution in [3.63, 3.8) is 0 Å². The van der Waals surface area contributed by atoms with E-state index in [0.717, 1.165) is 5.82 Å². The molecule has 1 atom stereocenters. The normalized spacial score (nSPS) is 13.1. The molecule has 23 heavy (non-hydrogen) atoms. The van der Waals surface area contributed by atoms with Crippen LogP contribution in [0, 0.1) is 19.3 Å². The summed E-state index contributed by atoms with van der Waals surface area (Å²) >= 11 is 0. The Balaban J connectivity index is 2.24. The molecule has 0 saturated carbocycles. The van der Waals surface area contributed by atoms with E-state index in [1.54, 1.807) is 20.0 Å². The summed E-state index contributed by atoms with van der Waals surface area (Å²) in [5.41, 5.74) is 3.11. The third-order valence-electron chi connectivity index (χ3n) is 4.80. The van der Waals surface area contributed by atoms with E-state index in [-0.39, 0.29) is 5.92 Å². The van der Waals surface area contributed by atoms with Gasteiger partial charge in [0, 0.05) is 24.9 Å². The van der Waals surface area contributed by atoms with Crippen molar-refractivity contribution in [3.05, 3.63) is 53.1 Å². The van der Waals surface area contributed by atoms with Crippen molar-refractivity contribution in [3.8, 4) is 0 Å². The number of hydrogen-bond acceptors (Lipinski definition) is 2. The van der Waals surface area contributed by atoms with E-state index in [1.165, 1.54) is 16.7 Å². The molecule has 0 radical (unpaired) electrons. The summed E-state index contributed by atoms with van der Waals surface area (Å²) in [6.07, 6.45) is 4.31. The van der Waals surface area contributed by atoms with Crippen molar-refractivity contribution in [1.29, 1.82) is 0 Å². The molecule has 4 heteroatoms. The first-order chi connectivity index (χ1) is 10.7. The topological polar surface area (TPSA) is 55.1 Å². The Hall–Kier alpha value is -2.10. The van der Waals surface area contributed by atoms with Gasteiger partial charge in [-0.3, -0.25) is 4.79 Å². The maximum absolute atomic E-state index is 11.3. The second-order valence-electron chi connectivity index (χ2n) is 6.93. The fraction of sp³-hybridized carbons (Fsp3) is 0.474. The number of nitrogens with zero attached hydrogens (tertiary/aromatic N) is 2. The van der Waals surface area contributed by atoms with Crippen LogP contribution in [0.1, 0.15) is 55.6 Å². The highest BCUT2D eigenvalue weighted by Crippen LogP contribution is 2.28. The summed E-state index contributed by atoms with van der Waals surface area (Å²) in [7, 11) is 0. The number of carboxylic acid groups (broad SMARTS) is 1. The van der Waals surface area contributed by atoms with Gasteiger partial charge in [0.1, 0.15) is 5.82 Å². The molecule has 4 nitrogen and oxygen atoms in total. The lowest BCUT2D eigenvalue weighted by molar-refractivity contribution is -0.147. The molecule has 124 valence electrons. The maximum Gasteiger partial charge on any atom is 0.309 e. The lowest BCUT2D eigenvalue weighted by atomic mass is 9.89. The van der Waals surface area contributed by atoms with Crippen LogP contribution >= 0.6 is 0 Å². The third kappa shape index (κ3) is 3.63. The fourth-order valence-corrected chi connectivity index (χ4v) is 2.78. The molecule has 0 spiro atoms. The number of hydrogen-bond donors (Lipinski definition) is 1. The summed E-state index contributed by atoms with van der Waals surface area (Å²) < 4.78 is 2.08. The van der Waals surface area contributed by atoms with E-state index >= 15 is 0 Å². The van der Waals surface area contributed by atoms with Gasteiger partial charge in [-0.1, -0.05) is 25.1 Å². The number of imidazole rings is 1. The number of carboxylic acids is 1. The summed E-state index contributed by atoms with van der Waals surface area (Å²) in [6, 6.07) is 6.34. The minimum absolute atomic E-state index is 0.179. The number of aliphatic carboxylic acids is 1. The van der Waals surface area contributed by atoms with Gasteiger partial charge in [0.25, 0.3) is 0 Å². The molecule has 0 aliphatic rings. The molecule has 1 heterocycles. The van der Waals surface area contributed by atoms with Crippen LogP contribution in [0.25, 0.3) is 0 Å². The molecule has 2 rings (SSSR count). The zero-order chi connectivity index (χ0) is 17.2. The number of aryl methyl sites for hydroxylation is 2. The molecule has 0 saturated heterocycles. The molecule has 1 aromatic heterocycles. The molecule has 0 unspecified atom stereocenters. The van der Waals surface area contributed by atoms with Gasteiger partial charge in [0.2, 0.25) is 0 Å². The molecule has 1 N–H and O–H groups in total. The van der Waals surface area contributed by atoms with Gasteiger partial charge in [0.15, 0.2) is 0 Å². The zero-order valence-corrected chi connectivity index (χ0v) is 14.6. The Labute approximate surface area is 138 Å². The molecule has 0 aliphatic heterocycles. The van der Waals surface area contributed by atoms with Gasteiger partial charge in [-0.15, -0.1) is 0 Å². The number of rotatable bonds is 6. The first kappa shape index (κ1) is 17.3. The monoisotopic (exact) mass is 314 g/mol. The van der Waals surface area contributed by atoms with E-state index < -0.39 is 11.4 Å². The third-order valence-corrected chi connectivity index (χ3v) is 4.80. The van der Waals surface area contributed by atoms with Crippen LogP contribution < -0.4 is 0 Å². The van der Waals surface area contributed by atoms with Gasteiger partial charge in [-0.25, -0.2) is 4.98 Å². The van der Waals surface area contributed by atoms with E-state index in [9.17, 15) is 9.90 Å². The van der Waals surface area contributed by atoms with Gasteiger partial charge < -0.3 is 9.67 Å². The van der Waals surface area contributed by atoms with Crippen LogP contribution in [-0.4, -0.2) is 20.6 Å². The Kier molecular flexibility index (Phi) is 4.93. The second kappa shape index (κ2) is 6.57. The molecule has 0 amide bonds. The van der Waals surface area contributed by atoms with Crippen molar-refractivity contribution in [1.82, 2.24) is 9.55 Å². The van der Waals surface area contributed by atoms with Gasteiger partial charge in [0.05, 0.1) is 5.41 Å². The lowest BCUT2D eigenvalue weighted by Crippen LogP contribution is -2.25. The zero-order valence-electron chi connectivity index (χ0n) is 14.6. The Morgan fingerprint density at radius 1 is 1.35 bits per heavy atom. The quantitative estimate of drug-likeness (QED) is 0.871. The minimum atomic E-state index is -0.762. The van der Waals surface area contributed by atoms with Crippen LogP contribution in [0.15, 0.2) is 30.6 Å². The average molecular weight is 314 g/mol. The lowest BCUT2D eigenvalue weighted by Gasteiger charge is -2.22. The Morgan fingerprint density at radius 2 is 2.04 bits per heavy atom. The van der Waals surface area contributed by atoms with Gasteiger partial charge in [-0.05, 0) is 50.8 Å². The van der Waals surface area contributed by atoms with Crippen molar-refractivity contribution >= 4 is 5.97 Å². The van der Waals surface area contributed by atoms with Crippen LogP contribution in [0.2, 0.25) is 0 Å². The van der Waals surface area contributed by atoms with Crippen molar-refractivity contribution in [2.45, 2.75) is 53.5 Å². The first-order valence-corrected chi connectivity index (χ1v) is 8.04. The largest absolute Gasteiger partial charge is 0.481 e. The SMILES string of the molecule is Cc1cccc([C@H](C)c2nccn2CCC(C)(C)C(=O)O)c1C. The van der Waals surface area contributed by atoms with Gasteiger partial charge >= 0.3 is 5.97 Å². The Bertz CT molecular complexity index is 701. The van der Waals surface area contributed by atoms with E-state index in [0.29, 0.717) is 13.0 Å². The molecular formula is C19H26N2O2. The smallest absolute Gasteiger partial charge is 0.309 e. The van der Waals surface area contributed by atoms with Crippen LogP contribution in [0.4, 0.5) is 0 Å². The van der Waals surface area contributed by atoms with E-state index in [2.05, 4.69) is 48.5 Å². The summed E-state index contributed by atoms with van der Waals surface area (Å²) in [6.45, 7) is 10.6. The number of aromatic nitrogens is 2. The average Bonchev–Trinajstić information content (AvgIpc) is 2.95. The standard InChI is InChI=1S/C19H26N2O2/c1-13-7-6-8-16(14(13)2)15(3)17-20-10-12-21(17)11-9-19(4,5)18(22)23/h6-8,10,12,15H,9,11H2,1-5H3,(H,22,23)/t15-/m0/s1. The molecular weight excluding hydrogens is 288 g/mol. The molecule has 2 aromatic rings. The summed E-state index contributed by atoms with van der Waals surface area (Å²) in [4.78, 5) is 15.8. The summed E-state index contributed by atoms with van der Waals surface area (Å²) in [5, 5.41) is 9.27.